The second-order valence-corrected chi connectivity index (χ2v) is 5.06. The smallest absolute Gasteiger partial charge is 0.133 e. The van der Waals surface area contributed by atoms with Gasteiger partial charge < -0.3 is 15.7 Å². The Balaban J connectivity index is 2.29. The van der Waals surface area contributed by atoms with Crippen molar-refractivity contribution in [3.63, 3.8) is 0 Å². The van der Waals surface area contributed by atoms with Gasteiger partial charge in [-0.15, -0.1) is 0 Å². The topological polar surface area (TPSA) is 62.4 Å². The summed E-state index contributed by atoms with van der Waals surface area (Å²) in [6.07, 6.45) is 6.73. The highest BCUT2D eigenvalue weighted by atomic mass is 16.3. The van der Waals surface area contributed by atoms with Crippen molar-refractivity contribution < 1.29 is 5.11 Å². The van der Waals surface area contributed by atoms with Crippen LogP contribution in [-0.4, -0.2) is 29.3 Å². The zero-order valence-electron chi connectivity index (χ0n) is 11.0. The predicted octanol–water partition coefficient (Wildman–Crippen LogP) is 1.84. The van der Waals surface area contributed by atoms with E-state index in [2.05, 4.69) is 9.88 Å². The lowest BCUT2D eigenvalue weighted by molar-refractivity contribution is 0.296. The molecule has 1 aromatic rings. The van der Waals surface area contributed by atoms with Crippen LogP contribution in [0.3, 0.4) is 0 Å². The molecule has 4 heteroatoms. The second kappa shape index (κ2) is 6.16. The third-order valence-electron chi connectivity index (χ3n) is 3.69. The molecule has 1 aliphatic rings. The van der Waals surface area contributed by atoms with E-state index in [9.17, 15) is 5.11 Å². The first-order chi connectivity index (χ1) is 8.74. The van der Waals surface area contributed by atoms with Gasteiger partial charge in [-0.3, -0.25) is 0 Å². The highest BCUT2D eigenvalue weighted by molar-refractivity contribution is 5.49. The number of hydrogen-bond acceptors (Lipinski definition) is 4. The van der Waals surface area contributed by atoms with E-state index in [0.29, 0.717) is 12.6 Å². The van der Waals surface area contributed by atoms with Crippen molar-refractivity contribution in [3.05, 3.63) is 23.9 Å². The normalized spacial score (nSPS) is 17.9. The van der Waals surface area contributed by atoms with Gasteiger partial charge in [-0.05, 0) is 25.8 Å². The van der Waals surface area contributed by atoms with E-state index in [0.717, 1.165) is 11.4 Å². The Morgan fingerprint density at radius 2 is 2.22 bits per heavy atom. The molecule has 18 heavy (non-hydrogen) atoms. The Morgan fingerprint density at radius 1 is 1.50 bits per heavy atom. The minimum atomic E-state index is -0.0312. The Morgan fingerprint density at radius 3 is 2.83 bits per heavy atom. The fraction of sp³-hybridized carbons (Fsp3) is 0.643. The molecule has 4 nitrogen and oxygen atoms in total. The van der Waals surface area contributed by atoms with Crippen LogP contribution in [0, 0.1) is 0 Å². The zero-order valence-corrected chi connectivity index (χ0v) is 11.0. The van der Waals surface area contributed by atoms with Crippen molar-refractivity contribution in [2.75, 3.05) is 18.1 Å². The van der Waals surface area contributed by atoms with Crippen LogP contribution >= 0.6 is 0 Å². The number of aromatic nitrogens is 1. The summed E-state index contributed by atoms with van der Waals surface area (Å²) in [4.78, 5) is 6.74. The Labute approximate surface area is 109 Å². The first-order valence-electron chi connectivity index (χ1n) is 6.82. The van der Waals surface area contributed by atoms with Gasteiger partial charge in [-0.25, -0.2) is 4.98 Å². The predicted molar refractivity (Wildman–Crippen MR) is 73.5 cm³/mol. The lowest BCUT2D eigenvalue weighted by atomic mass is 10.1. The monoisotopic (exact) mass is 249 g/mol. The molecule has 1 heterocycles. The molecule has 0 radical (unpaired) electrons. The highest BCUT2D eigenvalue weighted by Gasteiger charge is 2.25. The Hall–Kier alpha value is -1.13. The fourth-order valence-corrected chi connectivity index (χ4v) is 2.79. The summed E-state index contributed by atoms with van der Waals surface area (Å²) in [6, 6.07) is 4.43. The van der Waals surface area contributed by atoms with Crippen LogP contribution in [0.15, 0.2) is 18.3 Å². The number of pyridine rings is 1. The molecule has 0 saturated heterocycles. The summed E-state index contributed by atoms with van der Waals surface area (Å²) in [7, 11) is 0. The van der Waals surface area contributed by atoms with E-state index in [1.165, 1.54) is 25.7 Å². The van der Waals surface area contributed by atoms with Crippen LogP contribution < -0.4 is 10.6 Å². The van der Waals surface area contributed by atoms with Gasteiger partial charge in [0.2, 0.25) is 0 Å². The van der Waals surface area contributed by atoms with E-state index >= 15 is 0 Å². The van der Waals surface area contributed by atoms with E-state index in [1.807, 2.05) is 19.1 Å². The maximum atomic E-state index is 9.29. The average molecular weight is 249 g/mol. The summed E-state index contributed by atoms with van der Waals surface area (Å²) in [5.41, 5.74) is 7.09. The quantitative estimate of drug-likeness (QED) is 0.836. The van der Waals surface area contributed by atoms with Crippen LogP contribution in [0.1, 0.15) is 44.2 Å². The Bertz CT molecular complexity index is 375. The van der Waals surface area contributed by atoms with Gasteiger partial charge in [-0.1, -0.05) is 18.9 Å². The molecule has 1 aliphatic carbocycles. The fourth-order valence-electron chi connectivity index (χ4n) is 2.79. The van der Waals surface area contributed by atoms with Gasteiger partial charge >= 0.3 is 0 Å². The summed E-state index contributed by atoms with van der Waals surface area (Å²) in [6.45, 7) is 2.78. The van der Waals surface area contributed by atoms with Crippen molar-refractivity contribution in [1.29, 1.82) is 0 Å². The molecule has 1 saturated carbocycles. The summed E-state index contributed by atoms with van der Waals surface area (Å²) < 4.78 is 0. The first-order valence-corrected chi connectivity index (χ1v) is 6.82. The van der Waals surface area contributed by atoms with Gasteiger partial charge in [0.1, 0.15) is 5.82 Å². The van der Waals surface area contributed by atoms with E-state index < -0.39 is 0 Å². The van der Waals surface area contributed by atoms with Crippen LogP contribution in [0.25, 0.3) is 0 Å². The number of rotatable bonds is 5. The molecule has 2 rings (SSSR count). The molecule has 1 aromatic heterocycles. The van der Waals surface area contributed by atoms with Crippen molar-refractivity contribution in [2.45, 2.75) is 44.7 Å². The molecule has 0 aromatic carbocycles. The SMILES string of the molecule is C[C@H](N)c1cccnc1N(CCO)C1CCCC1. The van der Waals surface area contributed by atoms with Gasteiger partial charge in [0.15, 0.2) is 0 Å². The van der Waals surface area contributed by atoms with Crippen molar-refractivity contribution in [1.82, 2.24) is 4.98 Å². The minimum Gasteiger partial charge on any atom is -0.395 e. The third kappa shape index (κ3) is 2.82. The molecular formula is C14H23N3O. The maximum Gasteiger partial charge on any atom is 0.133 e. The minimum absolute atomic E-state index is 0.0312. The van der Waals surface area contributed by atoms with Crippen LogP contribution in [0.5, 0.6) is 0 Å². The van der Waals surface area contributed by atoms with E-state index in [-0.39, 0.29) is 12.6 Å². The van der Waals surface area contributed by atoms with Crippen LogP contribution in [-0.2, 0) is 0 Å². The molecule has 0 aliphatic heterocycles. The second-order valence-electron chi connectivity index (χ2n) is 5.06. The van der Waals surface area contributed by atoms with Crippen LogP contribution in [0.4, 0.5) is 5.82 Å². The largest absolute Gasteiger partial charge is 0.395 e. The van der Waals surface area contributed by atoms with E-state index in [1.54, 1.807) is 6.20 Å². The van der Waals surface area contributed by atoms with Gasteiger partial charge in [0.05, 0.1) is 6.61 Å². The van der Waals surface area contributed by atoms with Crippen molar-refractivity contribution in [2.24, 2.45) is 5.73 Å². The number of nitrogens with zero attached hydrogens (tertiary/aromatic N) is 2. The van der Waals surface area contributed by atoms with Gasteiger partial charge in [0, 0.05) is 30.4 Å². The molecule has 1 fully saturated rings. The number of nitrogens with two attached hydrogens (primary N) is 1. The molecule has 0 bridgehead atoms. The number of anilines is 1. The van der Waals surface area contributed by atoms with Crippen molar-refractivity contribution >= 4 is 5.82 Å². The number of hydrogen-bond donors (Lipinski definition) is 2. The average Bonchev–Trinajstić information content (AvgIpc) is 2.89. The zero-order chi connectivity index (χ0) is 13.0. The summed E-state index contributed by atoms with van der Waals surface area (Å²) in [5, 5.41) is 9.29. The van der Waals surface area contributed by atoms with E-state index in [4.69, 9.17) is 5.73 Å². The number of aliphatic hydroxyl groups excluding tert-OH is 1. The molecular weight excluding hydrogens is 226 g/mol. The maximum absolute atomic E-state index is 9.29. The standard InChI is InChI=1S/C14H23N3O/c1-11(15)13-7-4-8-16-14(13)17(9-10-18)12-5-2-3-6-12/h4,7-8,11-12,18H,2-3,5-6,9-10,15H2,1H3/t11-/m0/s1. The lowest BCUT2D eigenvalue weighted by Gasteiger charge is -2.31. The molecule has 0 amide bonds. The summed E-state index contributed by atoms with van der Waals surface area (Å²) in [5.74, 6) is 0.952. The first kappa shape index (κ1) is 13.3. The molecule has 1 atom stereocenters. The highest BCUT2D eigenvalue weighted by Crippen LogP contribution is 2.30. The van der Waals surface area contributed by atoms with Crippen molar-refractivity contribution in [3.8, 4) is 0 Å². The third-order valence-corrected chi connectivity index (χ3v) is 3.69. The van der Waals surface area contributed by atoms with Gasteiger partial charge in [0.25, 0.3) is 0 Å². The van der Waals surface area contributed by atoms with Crippen LogP contribution in [0.2, 0.25) is 0 Å². The Kier molecular flexibility index (Phi) is 4.55. The summed E-state index contributed by atoms with van der Waals surface area (Å²) >= 11 is 0. The molecule has 0 unspecified atom stereocenters. The molecule has 3 N–H and O–H groups in total. The van der Waals surface area contributed by atoms with Gasteiger partial charge in [-0.2, -0.15) is 0 Å². The lowest BCUT2D eigenvalue weighted by Crippen LogP contribution is -2.37. The number of aliphatic hydroxyl groups is 1. The molecule has 100 valence electrons. The molecule has 0 spiro atoms.